The highest BCUT2D eigenvalue weighted by Crippen LogP contribution is 2.18. The van der Waals surface area contributed by atoms with Crippen molar-refractivity contribution in [3.05, 3.63) is 29.8 Å². The third-order valence-electron chi connectivity index (χ3n) is 4.83. The molecule has 1 saturated heterocycles. The van der Waals surface area contributed by atoms with Gasteiger partial charge in [0.15, 0.2) is 6.61 Å². The predicted octanol–water partition coefficient (Wildman–Crippen LogP) is 2.75. The second-order valence-electron chi connectivity index (χ2n) is 6.71. The number of hydrogen-bond donors (Lipinski definition) is 1. The largest absolute Gasteiger partial charge is 0.484 e. The van der Waals surface area contributed by atoms with E-state index in [1.54, 1.807) is 24.3 Å². The number of benzene rings is 1. The van der Waals surface area contributed by atoms with Crippen LogP contribution in [0.1, 0.15) is 55.3 Å². The Labute approximate surface area is 143 Å². The van der Waals surface area contributed by atoms with Crippen LogP contribution < -0.4 is 10.1 Å². The molecule has 5 heteroatoms. The van der Waals surface area contributed by atoms with Crippen LogP contribution in [0.25, 0.3) is 0 Å². The van der Waals surface area contributed by atoms with Gasteiger partial charge in [0.25, 0.3) is 11.8 Å². The molecule has 2 amide bonds. The van der Waals surface area contributed by atoms with Crippen LogP contribution in [0, 0.1) is 0 Å². The molecule has 2 fully saturated rings. The molecule has 1 N–H and O–H groups in total. The molecule has 1 aliphatic heterocycles. The maximum absolute atomic E-state index is 12.3. The lowest BCUT2D eigenvalue weighted by atomic mass is 9.95. The normalized spacial score (nSPS) is 18.4. The van der Waals surface area contributed by atoms with Gasteiger partial charge in [0.1, 0.15) is 5.75 Å². The van der Waals surface area contributed by atoms with E-state index in [9.17, 15) is 9.59 Å². The van der Waals surface area contributed by atoms with Gasteiger partial charge >= 0.3 is 0 Å². The molecule has 0 unspecified atom stereocenters. The number of hydrogen-bond acceptors (Lipinski definition) is 3. The zero-order chi connectivity index (χ0) is 16.8. The van der Waals surface area contributed by atoms with Gasteiger partial charge in [0.2, 0.25) is 0 Å². The van der Waals surface area contributed by atoms with Crippen molar-refractivity contribution in [1.29, 1.82) is 0 Å². The minimum atomic E-state index is -0.0703. The SMILES string of the molecule is O=C(COc1ccc(C(=O)N2CCCC2)cc1)NC1CCCCC1. The molecule has 5 nitrogen and oxygen atoms in total. The zero-order valence-corrected chi connectivity index (χ0v) is 14.1. The van der Waals surface area contributed by atoms with Crippen molar-refractivity contribution in [1.82, 2.24) is 10.2 Å². The first kappa shape index (κ1) is 16.8. The average Bonchev–Trinajstić information content (AvgIpc) is 3.15. The van der Waals surface area contributed by atoms with Crippen molar-refractivity contribution in [2.45, 2.75) is 51.0 Å². The number of nitrogens with one attached hydrogen (secondary N) is 1. The second kappa shape index (κ2) is 8.18. The van der Waals surface area contributed by atoms with Gasteiger partial charge in [-0.15, -0.1) is 0 Å². The molecule has 1 aliphatic carbocycles. The minimum Gasteiger partial charge on any atom is -0.484 e. The summed E-state index contributed by atoms with van der Waals surface area (Å²) in [6.45, 7) is 1.72. The lowest BCUT2D eigenvalue weighted by molar-refractivity contribution is -0.124. The van der Waals surface area contributed by atoms with E-state index >= 15 is 0 Å². The van der Waals surface area contributed by atoms with Crippen molar-refractivity contribution in [3.63, 3.8) is 0 Å². The van der Waals surface area contributed by atoms with Crippen LogP contribution in [0.3, 0.4) is 0 Å². The highest BCUT2D eigenvalue weighted by molar-refractivity contribution is 5.94. The summed E-state index contributed by atoms with van der Waals surface area (Å²) < 4.78 is 5.53. The maximum atomic E-state index is 12.3. The number of likely N-dealkylation sites (tertiary alicyclic amines) is 1. The quantitative estimate of drug-likeness (QED) is 0.903. The average molecular weight is 330 g/mol. The van der Waals surface area contributed by atoms with Crippen molar-refractivity contribution in [2.75, 3.05) is 19.7 Å². The Balaban J connectivity index is 1.45. The first-order chi connectivity index (χ1) is 11.7. The molecule has 0 atom stereocenters. The molecule has 1 aromatic rings. The summed E-state index contributed by atoms with van der Waals surface area (Å²) in [6.07, 6.45) is 7.96. The summed E-state index contributed by atoms with van der Waals surface area (Å²) in [5.41, 5.74) is 0.677. The predicted molar refractivity (Wildman–Crippen MR) is 92.1 cm³/mol. The summed E-state index contributed by atoms with van der Waals surface area (Å²) in [6, 6.07) is 7.37. The molecule has 0 bridgehead atoms. The number of carbonyl (C=O) groups is 2. The fourth-order valence-corrected chi connectivity index (χ4v) is 3.46. The minimum absolute atomic E-state index is 0.0237. The molecule has 0 radical (unpaired) electrons. The third-order valence-corrected chi connectivity index (χ3v) is 4.83. The fraction of sp³-hybridized carbons (Fsp3) is 0.579. The van der Waals surface area contributed by atoms with Gasteiger partial charge in [-0.3, -0.25) is 9.59 Å². The van der Waals surface area contributed by atoms with Gasteiger partial charge in [0.05, 0.1) is 0 Å². The molecular weight excluding hydrogens is 304 g/mol. The number of ether oxygens (including phenoxy) is 1. The Bertz CT molecular complexity index is 558. The first-order valence-electron chi connectivity index (χ1n) is 9.04. The van der Waals surface area contributed by atoms with Gasteiger partial charge < -0.3 is 15.0 Å². The Kier molecular flexibility index (Phi) is 5.72. The molecular formula is C19H26N2O3. The summed E-state index contributed by atoms with van der Waals surface area (Å²) in [7, 11) is 0. The van der Waals surface area contributed by atoms with Crippen LogP contribution >= 0.6 is 0 Å². The highest BCUT2D eigenvalue weighted by Gasteiger charge is 2.19. The van der Waals surface area contributed by atoms with E-state index in [0.717, 1.165) is 38.8 Å². The summed E-state index contributed by atoms with van der Waals surface area (Å²) in [5, 5.41) is 3.03. The van der Waals surface area contributed by atoms with Crippen LogP contribution in [0.5, 0.6) is 5.75 Å². The van der Waals surface area contributed by atoms with Crippen LogP contribution in [-0.4, -0.2) is 42.5 Å². The Hall–Kier alpha value is -2.04. The van der Waals surface area contributed by atoms with E-state index < -0.39 is 0 Å². The Morgan fingerprint density at radius 1 is 1.00 bits per heavy atom. The van der Waals surface area contributed by atoms with E-state index in [4.69, 9.17) is 4.74 Å². The number of amides is 2. The second-order valence-corrected chi connectivity index (χ2v) is 6.71. The smallest absolute Gasteiger partial charge is 0.258 e. The summed E-state index contributed by atoms with van der Waals surface area (Å²) in [4.78, 5) is 26.1. The standard InChI is InChI=1S/C19H26N2O3/c22-18(20-16-6-2-1-3-7-16)14-24-17-10-8-15(9-11-17)19(23)21-12-4-5-13-21/h8-11,16H,1-7,12-14H2,(H,20,22). The van der Waals surface area contributed by atoms with Gasteiger partial charge in [-0.25, -0.2) is 0 Å². The van der Waals surface area contributed by atoms with Crippen LogP contribution in [0.2, 0.25) is 0 Å². The lowest BCUT2D eigenvalue weighted by Gasteiger charge is -2.22. The van der Waals surface area contributed by atoms with Gasteiger partial charge in [-0.2, -0.15) is 0 Å². The molecule has 1 heterocycles. The van der Waals surface area contributed by atoms with E-state index in [2.05, 4.69) is 5.32 Å². The molecule has 1 saturated carbocycles. The molecule has 0 spiro atoms. The van der Waals surface area contributed by atoms with E-state index in [1.807, 2.05) is 4.90 Å². The van der Waals surface area contributed by atoms with Crippen molar-refractivity contribution in [2.24, 2.45) is 0 Å². The van der Waals surface area contributed by atoms with Crippen molar-refractivity contribution in [3.8, 4) is 5.75 Å². The van der Waals surface area contributed by atoms with Crippen molar-refractivity contribution < 1.29 is 14.3 Å². The van der Waals surface area contributed by atoms with Crippen LogP contribution in [0.15, 0.2) is 24.3 Å². The third kappa shape index (κ3) is 4.49. The summed E-state index contributed by atoms with van der Waals surface area (Å²) >= 11 is 0. The van der Waals surface area contributed by atoms with Crippen LogP contribution in [0.4, 0.5) is 0 Å². The number of carbonyl (C=O) groups excluding carboxylic acids is 2. The molecule has 2 aliphatic rings. The number of nitrogens with zero attached hydrogens (tertiary/aromatic N) is 1. The van der Waals surface area contributed by atoms with Gasteiger partial charge in [-0.05, 0) is 49.9 Å². The monoisotopic (exact) mass is 330 g/mol. The van der Waals surface area contributed by atoms with E-state index in [1.165, 1.54) is 19.3 Å². The topological polar surface area (TPSA) is 58.6 Å². The van der Waals surface area contributed by atoms with E-state index in [-0.39, 0.29) is 18.4 Å². The molecule has 130 valence electrons. The molecule has 24 heavy (non-hydrogen) atoms. The zero-order valence-electron chi connectivity index (χ0n) is 14.1. The highest BCUT2D eigenvalue weighted by atomic mass is 16.5. The fourth-order valence-electron chi connectivity index (χ4n) is 3.46. The molecule has 3 rings (SSSR count). The molecule has 0 aromatic heterocycles. The maximum Gasteiger partial charge on any atom is 0.258 e. The Morgan fingerprint density at radius 3 is 2.33 bits per heavy atom. The summed E-state index contributed by atoms with van der Waals surface area (Å²) in [5.74, 6) is 0.625. The van der Waals surface area contributed by atoms with Gasteiger partial charge in [-0.1, -0.05) is 19.3 Å². The number of rotatable bonds is 5. The van der Waals surface area contributed by atoms with Crippen molar-refractivity contribution >= 4 is 11.8 Å². The first-order valence-corrected chi connectivity index (χ1v) is 9.04. The lowest BCUT2D eigenvalue weighted by Crippen LogP contribution is -2.38. The molecule has 1 aromatic carbocycles. The van der Waals surface area contributed by atoms with E-state index in [0.29, 0.717) is 17.4 Å². The Morgan fingerprint density at radius 2 is 1.67 bits per heavy atom. The van der Waals surface area contributed by atoms with Crippen LogP contribution in [-0.2, 0) is 4.79 Å². The van der Waals surface area contributed by atoms with Gasteiger partial charge in [0, 0.05) is 24.7 Å².